The summed E-state index contributed by atoms with van der Waals surface area (Å²) in [5.74, 6) is -1.06. The molecule has 0 aliphatic heterocycles. The average molecular weight is 270 g/mol. The second-order valence-corrected chi connectivity index (χ2v) is 4.78. The lowest BCUT2D eigenvalue weighted by atomic mass is 10.0. The maximum atomic E-state index is 11.8. The van der Waals surface area contributed by atoms with Gasteiger partial charge in [-0.3, -0.25) is 9.36 Å². The van der Waals surface area contributed by atoms with Gasteiger partial charge in [-0.1, -0.05) is 13.8 Å². The number of nitrogens with one attached hydrogen (secondary N) is 1. The van der Waals surface area contributed by atoms with E-state index < -0.39 is 23.3 Å². The standard InChI is InChI=1S/C11H18N4O4/c1-6(2)5-7(10(17)18)12-8-9(16)14(3)11(19)15(4)13-8/h6-7H,5H2,1-4H3,(H,12,13)(H,17,18). The van der Waals surface area contributed by atoms with Crippen LogP contribution in [0.2, 0.25) is 0 Å². The molecule has 1 unspecified atom stereocenters. The monoisotopic (exact) mass is 270 g/mol. The molecule has 0 aliphatic rings. The van der Waals surface area contributed by atoms with E-state index in [1.165, 1.54) is 14.1 Å². The molecule has 2 N–H and O–H groups in total. The predicted octanol–water partition coefficient (Wildman–Crippen LogP) is -0.610. The van der Waals surface area contributed by atoms with Gasteiger partial charge in [0.05, 0.1) is 0 Å². The van der Waals surface area contributed by atoms with E-state index in [0.29, 0.717) is 6.42 Å². The van der Waals surface area contributed by atoms with E-state index in [-0.39, 0.29) is 11.7 Å². The van der Waals surface area contributed by atoms with Crippen LogP contribution in [-0.2, 0) is 18.9 Å². The molecule has 8 nitrogen and oxygen atoms in total. The zero-order chi connectivity index (χ0) is 14.7. The van der Waals surface area contributed by atoms with E-state index in [9.17, 15) is 14.4 Å². The molecule has 0 amide bonds. The fourth-order valence-electron chi connectivity index (χ4n) is 1.65. The van der Waals surface area contributed by atoms with Crippen LogP contribution in [0.5, 0.6) is 0 Å². The van der Waals surface area contributed by atoms with E-state index in [2.05, 4.69) is 10.4 Å². The molecule has 0 aliphatic carbocycles. The molecule has 1 rings (SSSR count). The Bertz CT molecular complexity index is 587. The van der Waals surface area contributed by atoms with E-state index in [1.54, 1.807) is 0 Å². The largest absolute Gasteiger partial charge is 0.480 e. The van der Waals surface area contributed by atoms with Crippen LogP contribution in [0, 0.1) is 5.92 Å². The van der Waals surface area contributed by atoms with E-state index >= 15 is 0 Å². The summed E-state index contributed by atoms with van der Waals surface area (Å²) in [5, 5.41) is 15.4. The number of rotatable bonds is 5. The molecule has 0 bridgehead atoms. The van der Waals surface area contributed by atoms with Crippen molar-refractivity contribution in [2.75, 3.05) is 5.32 Å². The number of anilines is 1. The predicted molar refractivity (Wildman–Crippen MR) is 69.2 cm³/mol. The van der Waals surface area contributed by atoms with Crippen molar-refractivity contribution >= 4 is 11.8 Å². The zero-order valence-corrected chi connectivity index (χ0v) is 11.4. The Kier molecular flexibility index (Phi) is 4.47. The van der Waals surface area contributed by atoms with Crippen molar-refractivity contribution < 1.29 is 9.90 Å². The van der Waals surface area contributed by atoms with Gasteiger partial charge in [-0.15, -0.1) is 5.10 Å². The number of carboxylic acid groups (broad SMARTS) is 1. The van der Waals surface area contributed by atoms with Crippen molar-refractivity contribution in [2.45, 2.75) is 26.3 Å². The summed E-state index contributed by atoms with van der Waals surface area (Å²) in [7, 11) is 2.71. The van der Waals surface area contributed by atoms with Gasteiger partial charge < -0.3 is 10.4 Å². The van der Waals surface area contributed by atoms with Crippen molar-refractivity contribution in [1.82, 2.24) is 14.3 Å². The van der Waals surface area contributed by atoms with Crippen molar-refractivity contribution in [1.29, 1.82) is 0 Å². The van der Waals surface area contributed by atoms with Crippen LogP contribution in [0.25, 0.3) is 0 Å². The van der Waals surface area contributed by atoms with Crippen LogP contribution in [0.4, 0.5) is 5.82 Å². The summed E-state index contributed by atoms with van der Waals surface area (Å²) >= 11 is 0. The Balaban J connectivity index is 3.14. The van der Waals surface area contributed by atoms with Crippen LogP contribution in [-0.4, -0.2) is 31.5 Å². The van der Waals surface area contributed by atoms with Crippen LogP contribution in [0.3, 0.4) is 0 Å². The molecule has 0 fully saturated rings. The van der Waals surface area contributed by atoms with Crippen LogP contribution >= 0.6 is 0 Å². The molecule has 0 aromatic carbocycles. The normalized spacial score (nSPS) is 12.5. The molecule has 0 saturated heterocycles. The highest BCUT2D eigenvalue weighted by Gasteiger charge is 2.21. The van der Waals surface area contributed by atoms with Gasteiger partial charge in [-0.25, -0.2) is 14.3 Å². The first kappa shape index (κ1) is 14.9. The van der Waals surface area contributed by atoms with Gasteiger partial charge in [-0.05, 0) is 12.3 Å². The van der Waals surface area contributed by atoms with Gasteiger partial charge in [0.1, 0.15) is 6.04 Å². The van der Waals surface area contributed by atoms with E-state index in [0.717, 1.165) is 9.25 Å². The number of aliphatic carboxylic acids is 1. The Morgan fingerprint density at radius 1 is 1.37 bits per heavy atom. The smallest absolute Gasteiger partial charge is 0.346 e. The number of aromatic nitrogens is 3. The molecule has 1 atom stereocenters. The van der Waals surface area contributed by atoms with E-state index in [4.69, 9.17) is 5.11 Å². The fraction of sp³-hybridized carbons (Fsp3) is 0.636. The highest BCUT2D eigenvalue weighted by atomic mass is 16.4. The van der Waals surface area contributed by atoms with Crippen molar-refractivity contribution in [2.24, 2.45) is 20.0 Å². The first-order chi connectivity index (χ1) is 8.73. The van der Waals surface area contributed by atoms with Crippen molar-refractivity contribution in [3.63, 3.8) is 0 Å². The number of carbonyl (C=O) groups is 1. The summed E-state index contributed by atoms with van der Waals surface area (Å²) in [5.41, 5.74) is -1.20. The SMILES string of the molecule is CC(C)CC(Nc1nn(C)c(=O)n(C)c1=O)C(=O)O. The first-order valence-electron chi connectivity index (χ1n) is 5.87. The van der Waals surface area contributed by atoms with Crippen molar-refractivity contribution in [3.05, 3.63) is 20.8 Å². The molecule has 0 spiro atoms. The highest BCUT2D eigenvalue weighted by Crippen LogP contribution is 2.08. The molecule has 1 aromatic heterocycles. The van der Waals surface area contributed by atoms with Gasteiger partial charge in [0, 0.05) is 14.1 Å². The lowest BCUT2D eigenvalue weighted by molar-refractivity contribution is -0.138. The molecule has 0 radical (unpaired) electrons. The van der Waals surface area contributed by atoms with Crippen LogP contribution in [0.15, 0.2) is 9.59 Å². The Morgan fingerprint density at radius 2 is 1.95 bits per heavy atom. The third kappa shape index (κ3) is 3.43. The fourth-order valence-corrected chi connectivity index (χ4v) is 1.65. The maximum Gasteiger partial charge on any atom is 0.346 e. The minimum absolute atomic E-state index is 0.141. The van der Waals surface area contributed by atoms with E-state index in [1.807, 2.05) is 13.8 Å². The minimum atomic E-state index is -1.06. The summed E-state index contributed by atoms with van der Waals surface area (Å²) < 4.78 is 1.86. The van der Waals surface area contributed by atoms with Crippen molar-refractivity contribution in [3.8, 4) is 0 Å². The number of nitrogens with zero attached hydrogens (tertiary/aromatic N) is 3. The Morgan fingerprint density at radius 3 is 2.42 bits per heavy atom. The molecule has 1 heterocycles. The van der Waals surface area contributed by atoms with Gasteiger partial charge in [0.15, 0.2) is 0 Å². The summed E-state index contributed by atoms with van der Waals surface area (Å²) in [6.07, 6.45) is 0.350. The third-order valence-electron chi connectivity index (χ3n) is 2.64. The minimum Gasteiger partial charge on any atom is -0.480 e. The highest BCUT2D eigenvalue weighted by molar-refractivity contribution is 5.76. The van der Waals surface area contributed by atoms with Gasteiger partial charge in [-0.2, -0.15) is 0 Å². The van der Waals surface area contributed by atoms with Crippen LogP contribution < -0.4 is 16.6 Å². The quantitative estimate of drug-likeness (QED) is 0.739. The second kappa shape index (κ2) is 5.68. The third-order valence-corrected chi connectivity index (χ3v) is 2.64. The first-order valence-corrected chi connectivity index (χ1v) is 5.87. The molecule has 0 saturated carbocycles. The molecule has 1 aromatic rings. The lowest BCUT2D eigenvalue weighted by Crippen LogP contribution is -2.42. The molecular weight excluding hydrogens is 252 g/mol. The molecule has 8 heteroatoms. The van der Waals surface area contributed by atoms with Gasteiger partial charge >= 0.3 is 11.7 Å². The second-order valence-electron chi connectivity index (χ2n) is 4.78. The zero-order valence-electron chi connectivity index (χ0n) is 11.4. The Labute approximate surface area is 109 Å². The average Bonchev–Trinajstić information content (AvgIpc) is 2.31. The number of aryl methyl sites for hydroxylation is 1. The summed E-state index contributed by atoms with van der Waals surface area (Å²) in [6.45, 7) is 3.76. The Hall–Kier alpha value is -2.12. The maximum absolute atomic E-state index is 11.8. The number of hydrogen-bond acceptors (Lipinski definition) is 5. The molecular formula is C11H18N4O4. The number of hydrogen-bond donors (Lipinski definition) is 2. The van der Waals surface area contributed by atoms with Crippen LogP contribution in [0.1, 0.15) is 20.3 Å². The van der Waals surface area contributed by atoms with Gasteiger partial charge in [0.25, 0.3) is 5.56 Å². The number of carboxylic acids is 1. The molecule has 19 heavy (non-hydrogen) atoms. The van der Waals surface area contributed by atoms with Gasteiger partial charge in [0.2, 0.25) is 5.82 Å². The molecule has 106 valence electrons. The summed E-state index contributed by atoms with van der Waals surface area (Å²) in [6, 6.07) is -0.919. The summed E-state index contributed by atoms with van der Waals surface area (Å²) in [4.78, 5) is 34.4. The topological polar surface area (TPSA) is 106 Å². The lowest BCUT2D eigenvalue weighted by Gasteiger charge is -2.17.